The number of carbonyl (C=O) groups excluding carboxylic acids is 2. The van der Waals surface area contributed by atoms with Crippen LogP contribution in [-0.2, 0) is 21.5 Å². The standard InChI is InChI=1S/C32H35NO3/c1-19-8-9-21(3)25(16-19)18-33-28(23-12-14-26(15-13-23)32(5,6)7)27(30(35)31(33)36)29(34)24-11-10-20(2)22(4)17-24/h8-17,28,34H,18H2,1-7H3/b29-27-. The predicted octanol–water partition coefficient (Wildman–Crippen LogP) is 6.84. The lowest BCUT2D eigenvalue weighted by atomic mass is 9.85. The Morgan fingerprint density at radius 1 is 0.833 bits per heavy atom. The Bertz CT molecular complexity index is 1370. The van der Waals surface area contributed by atoms with Crippen molar-refractivity contribution in [2.24, 2.45) is 0 Å². The molecule has 36 heavy (non-hydrogen) atoms. The number of aryl methyl sites for hydroxylation is 4. The highest BCUT2D eigenvalue weighted by Crippen LogP contribution is 2.41. The third kappa shape index (κ3) is 4.73. The van der Waals surface area contributed by atoms with Gasteiger partial charge in [-0.25, -0.2) is 0 Å². The van der Waals surface area contributed by atoms with Crippen LogP contribution in [0.25, 0.3) is 5.76 Å². The summed E-state index contributed by atoms with van der Waals surface area (Å²) >= 11 is 0. The van der Waals surface area contributed by atoms with E-state index in [2.05, 4.69) is 26.8 Å². The van der Waals surface area contributed by atoms with Gasteiger partial charge in [0.1, 0.15) is 5.76 Å². The van der Waals surface area contributed by atoms with Gasteiger partial charge in [-0.2, -0.15) is 0 Å². The van der Waals surface area contributed by atoms with Crippen LogP contribution in [0.2, 0.25) is 0 Å². The van der Waals surface area contributed by atoms with Crippen molar-refractivity contribution < 1.29 is 14.7 Å². The molecule has 3 aromatic carbocycles. The zero-order valence-electron chi connectivity index (χ0n) is 22.3. The molecule has 1 heterocycles. The quantitative estimate of drug-likeness (QED) is 0.252. The van der Waals surface area contributed by atoms with Crippen LogP contribution in [0.1, 0.15) is 71.3 Å². The van der Waals surface area contributed by atoms with Crippen LogP contribution in [0.15, 0.2) is 66.2 Å². The second-order valence-electron chi connectivity index (χ2n) is 11.0. The summed E-state index contributed by atoms with van der Waals surface area (Å²) in [4.78, 5) is 28.4. The topological polar surface area (TPSA) is 57.6 Å². The van der Waals surface area contributed by atoms with E-state index in [9.17, 15) is 14.7 Å². The van der Waals surface area contributed by atoms with Gasteiger partial charge in [0.25, 0.3) is 11.7 Å². The average molecular weight is 482 g/mol. The Labute approximate surface area is 214 Å². The van der Waals surface area contributed by atoms with Gasteiger partial charge in [0.05, 0.1) is 11.6 Å². The van der Waals surface area contributed by atoms with E-state index in [1.165, 1.54) is 0 Å². The molecule has 0 saturated carbocycles. The summed E-state index contributed by atoms with van der Waals surface area (Å²) in [5.41, 5.74) is 7.84. The molecule has 1 saturated heterocycles. The Morgan fingerprint density at radius 3 is 2.08 bits per heavy atom. The summed E-state index contributed by atoms with van der Waals surface area (Å²) in [6.45, 7) is 14.7. The molecule has 1 atom stereocenters. The molecule has 0 spiro atoms. The molecule has 1 unspecified atom stereocenters. The van der Waals surface area contributed by atoms with Crippen molar-refractivity contribution in [1.82, 2.24) is 4.90 Å². The average Bonchev–Trinajstić information content (AvgIpc) is 3.07. The molecule has 1 N–H and O–H groups in total. The number of aliphatic hydroxyl groups excluding tert-OH is 1. The minimum absolute atomic E-state index is 0.0293. The van der Waals surface area contributed by atoms with Gasteiger partial charge in [-0.3, -0.25) is 9.59 Å². The lowest BCUT2D eigenvalue weighted by Crippen LogP contribution is -2.29. The molecule has 1 aliphatic rings. The molecule has 0 radical (unpaired) electrons. The summed E-state index contributed by atoms with van der Waals surface area (Å²) in [7, 11) is 0. The number of nitrogens with zero attached hydrogens (tertiary/aromatic N) is 1. The maximum atomic E-state index is 13.4. The van der Waals surface area contributed by atoms with Crippen LogP contribution in [0.3, 0.4) is 0 Å². The van der Waals surface area contributed by atoms with E-state index in [1.54, 1.807) is 11.0 Å². The van der Waals surface area contributed by atoms with E-state index in [-0.39, 0.29) is 23.3 Å². The first-order valence-corrected chi connectivity index (χ1v) is 12.4. The van der Waals surface area contributed by atoms with Crippen molar-refractivity contribution >= 4 is 17.4 Å². The summed E-state index contributed by atoms with van der Waals surface area (Å²) in [5.74, 6) is -1.38. The highest BCUT2D eigenvalue weighted by molar-refractivity contribution is 6.46. The fourth-order valence-electron chi connectivity index (χ4n) is 4.75. The molecule has 1 fully saturated rings. The number of Topliss-reactive ketones (excluding diaryl/α,β-unsaturated/α-hetero) is 1. The summed E-state index contributed by atoms with van der Waals surface area (Å²) in [6, 6.07) is 19.1. The monoisotopic (exact) mass is 481 g/mol. The molecule has 0 aliphatic carbocycles. The molecular formula is C32H35NO3. The van der Waals surface area contributed by atoms with Crippen LogP contribution < -0.4 is 0 Å². The zero-order chi connectivity index (χ0) is 26.4. The van der Waals surface area contributed by atoms with E-state index in [4.69, 9.17) is 0 Å². The summed E-state index contributed by atoms with van der Waals surface area (Å²) < 4.78 is 0. The SMILES string of the molecule is Cc1ccc(C)c(CN2C(=O)C(=O)/C(=C(\O)c3ccc(C)c(C)c3)C2c2ccc(C(C)(C)C)cc2)c1. The number of benzene rings is 3. The molecule has 4 rings (SSSR count). The van der Waals surface area contributed by atoms with Crippen molar-refractivity contribution in [3.05, 3.63) is 111 Å². The first-order chi connectivity index (χ1) is 16.9. The summed E-state index contributed by atoms with van der Waals surface area (Å²) in [6.07, 6.45) is 0. The van der Waals surface area contributed by atoms with Crippen LogP contribution in [-0.4, -0.2) is 21.7 Å². The Morgan fingerprint density at radius 2 is 1.47 bits per heavy atom. The van der Waals surface area contributed by atoms with Crippen molar-refractivity contribution in [3.8, 4) is 0 Å². The van der Waals surface area contributed by atoms with Gasteiger partial charge >= 0.3 is 0 Å². The normalized spacial score (nSPS) is 17.6. The third-order valence-corrected chi connectivity index (χ3v) is 7.26. The molecule has 0 bridgehead atoms. The fraction of sp³-hybridized carbons (Fsp3) is 0.312. The maximum absolute atomic E-state index is 13.4. The minimum Gasteiger partial charge on any atom is -0.507 e. The largest absolute Gasteiger partial charge is 0.507 e. The lowest BCUT2D eigenvalue weighted by molar-refractivity contribution is -0.140. The van der Waals surface area contributed by atoms with E-state index >= 15 is 0 Å². The Hall–Kier alpha value is -3.66. The smallest absolute Gasteiger partial charge is 0.295 e. The van der Waals surface area contributed by atoms with Crippen molar-refractivity contribution in [2.75, 3.05) is 0 Å². The third-order valence-electron chi connectivity index (χ3n) is 7.26. The molecule has 4 nitrogen and oxygen atoms in total. The van der Waals surface area contributed by atoms with Gasteiger partial charge in [-0.1, -0.05) is 80.9 Å². The van der Waals surface area contributed by atoms with E-state index in [0.29, 0.717) is 5.56 Å². The molecular weight excluding hydrogens is 446 g/mol. The van der Waals surface area contributed by atoms with Crippen molar-refractivity contribution in [3.63, 3.8) is 0 Å². The van der Waals surface area contributed by atoms with Crippen molar-refractivity contribution in [2.45, 2.75) is 66.5 Å². The first-order valence-electron chi connectivity index (χ1n) is 12.4. The van der Waals surface area contributed by atoms with Gasteiger partial charge < -0.3 is 10.0 Å². The second kappa shape index (κ2) is 9.42. The summed E-state index contributed by atoms with van der Waals surface area (Å²) in [5, 5.41) is 11.4. The molecule has 3 aromatic rings. The van der Waals surface area contributed by atoms with Gasteiger partial charge in [0, 0.05) is 12.1 Å². The van der Waals surface area contributed by atoms with Crippen LogP contribution in [0, 0.1) is 27.7 Å². The number of rotatable bonds is 4. The fourth-order valence-corrected chi connectivity index (χ4v) is 4.75. The van der Waals surface area contributed by atoms with Crippen LogP contribution in [0.5, 0.6) is 0 Å². The highest BCUT2D eigenvalue weighted by Gasteiger charge is 2.46. The number of hydrogen-bond acceptors (Lipinski definition) is 3. The molecule has 0 aromatic heterocycles. The second-order valence-corrected chi connectivity index (χ2v) is 11.0. The van der Waals surface area contributed by atoms with Crippen LogP contribution in [0.4, 0.5) is 0 Å². The van der Waals surface area contributed by atoms with E-state index in [0.717, 1.165) is 38.9 Å². The number of hydrogen-bond donors (Lipinski definition) is 1. The van der Waals surface area contributed by atoms with Crippen molar-refractivity contribution in [1.29, 1.82) is 0 Å². The zero-order valence-corrected chi connectivity index (χ0v) is 22.3. The molecule has 4 heteroatoms. The first kappa shape index (κ1) is 25.4. The number of carbonyl (C=O) groups is 2. The van der Waals surface area contributed by atoms with E-state index in [1.807, 2.05) is 76.2 Å². The molecule has 1 amide bonds. The highest BCUT2D eigenvalue weighted by atomic mass is 16.3. The maximum Gasteiger partial charge on any atom is 0.295 e. The lowest BCUT2D eigenvalue weighted by Gasteiger charge is -2.27. The predicted molar refractivity (Wildman–Crippen MR) is 145 cm³/mol. The number of ketones is 1. The number of aliphatic hydroxyl groups is 1. The van der Waals surface area contributed by atoms with Crippen LogP contribution >= 0.6 is 0 Å². The molecule has 186 valence electrons. The number of amides is 1. The molecule has 1 aliphatic heterocycles. The minimum atomic E-state index is -0.680. The Kier molecular flexibility index (Phi) is 6.66. The van der Waals surface area contributed by atoms with E-state index < -0.39 is 17.7 Å². The van der Waals surface area contributed by atoms with Gasteiger partial charge in [-0.05, 0) is 72.6 Å². The van der Waals surface area contributed by atoms with Gasteiger partial charge in [0.2, 0.25) is 0 Å². The Balaban J connectivity index is 1.89. The van der Waals surface area contributed by atoms with Gasteiger partial charge in [0.15, 0.2) is 0 Å². The van der Waals surface area contributed by atoms with Gasteiger partial charge in [-0.15, -0.1) is 0 Å². The number of likely N-dealkylation sites (tertiary alicyclic amines) is 1.